The molecule has 0 aliphatic carbocycles. The number of carbonyl (C=O) groups excluding carboxylic acids is 1. The second-order valence-electron chi connectivity index (χ2n) is 2.18. The molecule has 0 radical (unpaired) electrons. The molecule has 0 N–H and O–H groups in total. The highest BCUT2D eigenvalue weighted by Crippen LogP contribution is 2.41. The largest absolute Gasteiger partial charge is 0.466 e. The van der Waals surface area contributed by atoms with E-state index in [1.165, 1.54) is 22.9 Å². The zero-order valence-corrected chi connectivity index (χ0v) is 8.21. The molecule has 0 aromatic heterocycles. The highest BCUT2D eigenvalue weighted by Gasteiger charge is 2.55. The summed E-state index contributed by atoms with van der Waals surface area (Å²) >= 11 is 1.49. The highest BCUT2D eigenvalue weighted by molar-refractivity contribution is 9.10. The molecule has 0 aliphatic heterocycles. The van der Waals surface area contributed by atoms with E-state index in [0.29, 0.717) is 0 Å². The number of esters is 1. The van der Waals surface area contributed by atoms with Crippen LogP contribution in [0.5, 0.6) is 0 Å². The molecule has 0 aliphatic rings. The van der Waals surface area contributed by atoms with E-state index in [-0.39, 0.29) is 6.61 Å². The normalized spacial score (nSPS) is 12.8. The lowest BCUT2D eigenvalue weighted by Crippen LogP contribution is -2.37. The summed E-state index contributed by atoms with van der Waals surface area (Å²) in [4.78, 5) is 6.05. The van der Waals surface area contributed by atoms with Gasteiger partial charge in [-0.3, -0.25) is 4.79 Å². The molecule has 0 saturated heterocycles. The van der Waals surface area contributed by atoms with Crippen LogP contribution in [-0.4, -0.2) is 23.3 Å². The molecule has 0 rings (SSSR count). The number of hydrogen-bond acceptors (Lipinski definition) is 2. The molecule has 78 valence electrons. The molecule has 0 saturated carbocycles. The molecule has 7 heteroatoms. The smallest absolute Gasteiger partial charge is 0.363 e. The van der Waals surface area contributed by atoms with Gasteiger partial charge in [0.15, 0.2) is 0 Å². The van der Waals surface area contributed by atoms with Crippen molar-refractivity contribution in [1.82, 2.24) is 0 Å². The minimum Gasteiger partial charge on any atom is -0.466 e. The first-order valence-corrected chi connectivity index (χ1v) is 4.10. The van der Waals surface area contributed by atoms with E-state index < -0.39 is 23.1 Å². The van der Waals surface area contributed by atoms with E-state index in [2.05, 4.69) is 4.74 Å². The lowest BCUT2D eigenvalue weighted by molar-refractivity contribution is -0.175. The van der Waals surface area contributed by atoms with Gasteiger partial charge >= 0.3 is 16.7 Å². The van der Waals surface area contributed by atoms with Crippen molar-refractivity contribution in [3.8, 4) is 0 Å². The van der Waals surface area contributed by atoms with Gasteiger partial charge in [-0.15, -0.1) is 0 Å². The summed E-state index contributed by atoms with van der Waals surface area (Å²) in [5.74, 6) is -5.79. The van der Waals surface area contributed by atoms with Crippen LogP contribution < -0.4 is 0 Å². The molecule has 0 fully saturated rings. The Morgan fingerprint density at radius 1 is 1.38 bits per heavy atom. The van der Waals surface area contributed by atoms with Gasteiger partial charge in [0, 0.05) is 0 Å². The van der Waals surface area contributed by atoms with Gasteiger partial charge in [0.1, 0.15) is 6.42 Å². The Labute approximate surface area is 80.4 Å². The van der Waals surface area contributed by atoms with Crippen LogP contribution in [0.1, 0.15) is 13.3 Å². The second-order valence-corrected chi connectivity index (χ2v) is 3.18. The van der Waals surface area contributed by atoms with Gasteiger partial charge in [-0.1, -0.05) is 0 Å². The molecule has 2 nitrogen and oxygen atoms in total. The van der Waals surface area contributed by atoms with Gasteiger partial charge in [-0.05, 0) is 22.9 Å². The van der Waals surface area contributed by atoms with Crippen molar-refractivity contribution in [2.75, 3.05) is 6.61 Å². The minimum absolute atomic E-state index is 0.122. The molecule has 0 amide bonds. The number of halogens is 5. The van der Waals surface area contributed by atoms with Crippen LogP contribution in [0.15, 0.2) is 0 Å². The van der Waals surface area contributed by atoms with E-state index in [0.717, 1.165) is 0 Å². The maximum Gasteiger partial charge on any atom is 0.363 e. The van der Waals surface area contributed by atoms with Crippen LogP contribution in [-0.2, 0) is 9.53 Å². The van der Waals surface area contributed by atoms with E-state index >= 15 is 0 Å². The topological polar surface area (TPSA) is 26.3 Å². The number of hydrogen-bond donors (Lipinski definition) is 0. The lowest BCUT2D eigenvalue weighted by Gasteiger charge is -2.20. The molecular formula is C6H7BrF4O2. The molecule has 0 heterocycles. The van der Waals surface area contributed by atoms with Crippen molar-refractivity contribution in [3.63, 3.8) is 0 Å². The van der Waals surface area contributed by atoms with Gasteiger partial charge in [0.2, 0.25) is 0 Å². The van der Waals surface area contributed by atoms with Gasteiger partial charge in [0.05, 0.1) is 6.61 Å². The van der Waals surface area contributed by atoms with E-state index in [9.17, 15) is 22.4 Å². The van der Waals surface area contributed by atoms with Crippen LogP contribution in [0, 0.1) is 0 Å². The monoisotopic (exact) mass is 266 g/mol. The summed E-state index contributed by atoms with van der Waals surface area (Å²) in [6.45, 7) is 1.27. The summed E-state index contributed by atoms with van der Waals surface area (Å²) < 4.78 is 53.0. The Kier molecular flexibility index (Phi) is 4.15. The maximum atomic E-state index is 12.4. The first kappa shape index (κ1) is 12.7. The third-order valence-electron chi connectivity index (χ3n) is 1.09. The van der Waals surface area contributed by atoms with Crippen molar-refractivity contribution in [1.29, 1.82) is 0 Å². The Morgan fingerprint density at radius 2 is 1.85 bits per heavy atom. The Bertz CT molecular complexity index is 190. The van der Waals surface area contributed by atoms with Gasteiger partial charge < -0.3 is 4.74 Å². The first-order chi connectivity index (χ1) is 5.70. The van der Waals surface area contributed by atoms with Crippen molar-refractivity contribution in [2.45, 2.75) is 24.1 Å². The van der Waals surface area contributed by atoms with Crippen LogP contribution in [0.2, 0.25) is 0 Å². The maximum absolute atomic E-state index is 12.4. The summed E-state index contributed by atoms with van der Waals surface area (Å²) in [6.07, 6.45) is -1.64. The number of alkyl halides is 5. The Morgan fingerprint density at radius 3 is 2.15 bits per heavy atom. The second kappa shape index (κ2) is 4.26. The van der Waals surface area contributed by atoms with Gasteiger partial charge in [-0.25, -0.2) is 0 Å². The Balaban J connectivity index is 4.26. The average Bonchev–Trinajstić information content (AvgIpc) is 1.83. The fourth-order valence-corrected chi connectivity index (χ4v) is 0.634. The number of carbonyl (C=O) groups is 1. The Hall–Kier alpha value is -0.330. The van der Waals surface area contributed by atoms with E-state index in [4.69, 9.17) is 0 Å². The summed E-state index contributed by atoms with van der Waals surface area (Å²) in [5.41, 5.74) is 0. The SMILES string of the molecule is CCOC(=O)CC(F)(F)C(F)(F)Br. The number of ether oxygens (including phenoxy) is 1. The highest BCUT2D eigenvalue weighted by atomic mass is 79.9. The molecule has 0 atom stereocenters. The molecule has 13 heavy (non-hydrogen) atoms. The average molecular weight is 267 g/mol. The van der Waals surface area contributed by atoms with Crippen LogP contribution in [0.3, 0.4) is 0 Å². The quantitative estimate of drug-likeness (QED) is 0.444. The van der Waals surface area contributed by atoms with Gasteiger partial charge in [-0.2, -0.15) is 17.6 Å². The molecule has 0 aromatic carbocycles. The molecule has 0 unspecified atom stereocenters. The van der Waals surface area contributed by atoms with Crippen LogP contribution in [0.4, 0.5) is 17.6 Å². The number of rotatable bonds is 4. The van der Waals surface area contributed by atoms with Gasteiger partial charge in [0.25, 0.3) is 0 Å². The summed E-state index contributed by atoms with van der Waals surface area (Å²) in [5, 5.41) is 0. The van der Waals surface area contributed by atoms with Crippen molar-refractivity contribution < 1.29 is 27.1 Å². The van der Waals surface area contributed by atoms with Crippen molar-refractivity contribution >= 4 is 21.9 Å². The predicted octanol–water partition coefficient (Wildman–Crippen LogP) is 2.56. The summed E-state index contributed by atoms with van der Waals surface area (Å²) in [7, 11) is 0. The van der Waals surface area contributed by atoms with Crippen LogP contribution in [0.25, 0.3) is 0 Å². The van der Waals surface area contributed by atoms with Crippen molar-refractivity contribution in [2.24, 2.45) is 0 Å². The van der Waals surface area contributed by atoms with E-state index in [1.54, 1.807) is 0 Å². The third-order valence-corrected chi connectivity index (χ3v) is 1.67. The molecule has 0 spiro atoms. The zero-order chi connectivity index (χ0) is 10.7. The third kappa shape index (κ3) is 3.93. The lowest BCUT2D eigenvalue weighted by atomic mass is 10.2. The molecular weight excluding hydrogens is 260 g/mol. The van der Waals surface area contributed by atoms with Crippen molar-refractivity contribution in [3.05, 3.63) is 0 Å². The summed E-state index contributed by atoms with van der Waals surface area (Å²) in [6, 6.07) is 0. The van der Waals surface area contributed by atoms with E-state index in [1.807, 2.05) is 0 Å². The first-order valence-electron chi connectivity index (χ1n) is 3.31. The minimum atomic E-state index is -4.43. The van der Waals surface area contributed by atoms with Crippen LogP contribution >= 0.6 is 15.9 Å². The zero-order valence-electron chi connectivity index (χ0n) is 6.62. The standard InChI is InChI=1S/C6H7BrF4O2/c1-2-13-4(12)3-5(8,9)6(7,10)11/h2-3H2,1H3. The fourth-order valence-electron chi connectivity index (χ4n) is 0.494. The predicted molar refractivity (Wildman–Crippen MR) is 40.1 cm³/mol. The molecule has 0 aromatic rings. The molecule has 0 bridgehead atoms. The fraction of sp³-hybridized carbons (Fsp3) is 0.833.